The van der Waals surface area contributed by atoms with Gasteiger partial charge in [0.05, 0.1) is 7.11 Å². The first-order chi connectivity index (χ1) is 14.9. The van der Waals surface area contributed by atoms with Crippen molar-refractivity contribution in [2.24, 2.45) is 0 Å². The van der Waals surface area contributed by atoms with Crippen molar-refractivity contribution in [1.29, 1.82) is 0 Å². The Morgan fingerprint density at radius 3 is 2.32 bits per heavy atom. The Balaban J connectivity index is 1.48. The van der Waals surface area contributed by atoms with Crippen molar-refractivity contribution < 1.29 is 19.1 Å². The summed E-state index contributed by atoms with van der Waals surface area (Å²) in [7, 11) is 1.56. The predicted octanol–water partition coefficient (Wildman–Crippen LogP) is 2.88. The minimum Gasteiger partial charge on any atom is -0.497 e. The van der Waals surface area contributed by atoms with Crippen LogP contribution in [0, 0.1) is 13.8 Å². The van der Waals surface area contributed by atoms with E-state index in [4.69, 9.17) is 9.47 Å². The number of amides is 2. The van der Waals surface area contributed by atoms with Gasteiger partial charge in [0.15, 0.2) is 6.61 Å². The highest BCUT2D eigenvalue weighted by atomic mass is 16.5. The number of hydrogen-bond donors (Lipinski definition) is 3. The van der Waals surface area contributed by atoms with Gasteiger partial charge in [0.2, 0.25) is 5.95 Å². The molecule has 0 bridgehead atoms. The molecule has 0 atom stereocenters. The molecule has 0 aliphatic rings. The SMILES string of the molecule is COc1cccc(NC(=O)COc2ccc(C(=O)NNc3nc(C)cc(C)n3)cc2)c1. The van der Waals surface area contributed by atoms with Gasteiger partial charge in [-0.1, -0.05) is 6.07 Å². The zero-order valence-electron chi connectivity index (χ0n) is 17.4. The molecule has 0 spiro atoms. The Morgan fingerprint density at radius 1 is 0.935 bits per heavy atom. The van der Waals surface area contributed by atoms with Gasteiger partial charge in [-0.3, -0.25) is 20.4 Å². The number of nitrogens with zero attached hydrogens (tertiary/aromatic N) is 2. The van der Waals surface area contributed by atoms with Crippen molar-refractivity contribution in [3.63, 3.8) is 0 Å². The van der Waals surface area contributed by atoms with Gasteiger partial charge in [0.1, 0.15) is 11.5 Å². The number of ether oxygens (including phenoxy) is 2. The first-order valence-corrected chi connectivity index (χ1v) is 9.48. The molecule has 0 radical (unpaired) electrons. The Labute approximate surface area is 179 Å². The van der Waals surface area contributed by atoms with Gasteiger partial charge in [-0.05, 0) is 56.3 Å². The molecule has 31 heavy (non-hydrogen) atoms. The van der Waals surface area contributed by atoms with Crippen molar-refractivity contribution in [3.8, 4) is 11.5 Å². The summed E-state index contributed by atoms with van der Waals surface area (Å²) in [6.45, 7) is 3.52. The smallest absolute Gasteiger partial charge is 0.269 e. The third kappa shape index (κ3) is 6.43. The topological polar surface area (TPSA) is 114 Å². The van der Waals surface area contributed by atoms with Crippen molar-refractivity contribution in [2.45, 2.75) is 13.8 Å². The number of methoxy groups -OCH3 is 1. The highest BCUT2D eigenvalue weighted by molar-refractivity contribution is 5.95. The highest BCUT2D eigenvalue weighted by Crippen LogP contribution is 2.17. The lowest BCUT2D eigenvalue weighted by Crippen LogP contribution is -2.30. The van der Waals surface area contributed by atoms with Crippen LogP contribution >= 0.6 is 0 Å². The lowest BCUT2D eigenvalue weighted by molar-refractivity contribution is -0.118. The molecule has 9 heteroatoms. The maximum absolute atomic E-state index is 12.3. The third-order valence-corrected chi connectivity index (χ3v) is 4.11. The summed E-state index contributed by atoms with van der Waals surface area (Å²) in [6, 6.07) is 15.3. The van der Waals surface area contributed by atoms with Crippen molar-refractivity contribution >= 4 is 23.5 Å². The summed E-state index contributed by atoms with van der Waals surface area (Å²) in [5, 5.41) is 2.73. The normalized spacial score (nSPS) is 10.2. The number of aromatic nitrogens is 2. The molecule has 0 fully saturated rings. The van der Waals surface area contributed by atoms with Gasteiger partial charge >= 0.3 is 0 Å². The predicted molar refractivity (Wildman–Crippen MR) is 116 cm³/mol. The van der Waals surface area contributed by atoms with E-state index in [2.05, 4.69) is 26.1 Å². The molecule has 1 heterocycles. The molecule has 2 amide bonds. The second-order valence-corrected chi connectivity index (χ2v) is 6.65. The summed E-state index contributed by atoms with van der Waals surface area (Å²) >= 11 is 0. The molecular formula is C22H23N5O4. The average Bonchev–Trinajstić information content (AvgIpc) is 2.76. The lowest BCUT2D eigenvalue weighted by Gasteiger charge is -2.10. The molecule has 0 aliphatic heterocycles. The number of carbonyl (C=O) groups is 2. The quantitative estimate of drug-likeness (QED) is 0.479. The molecule has 3 rings (SSSR count). The van der Waals surface area contributed by atoms with Crippen LogP contribution in [0.1, 0.15) is 21.7 Å². The lowest BCUT2D eigenvalue weighted by atomic mass is 10.2. The molecule has 3 N–H and O–H groups in total. The van der Waals surface area contributed by atoms with E-state index >= 15 is 0 Å². The second-order valence-electron chi connectivity index (χ2n) is 6.65. The van der Waals surface area contributed by atoms with E-state index in [1.54, 1.807) is 55.6 Å². The summed E-state index contributed by atoms with van der Waals surface area (Å²) in [5.41, 5.74) is 7.85. The van der Waals surface area contributed by atoms with Crippen molar-refractivity contribution in [2.75, 3.05) is 24.5 Å². The van der Waals surface area contributed by atoms with E-state index in [1.165, 1.54) is 0 Å². The van der Waals surface area contributed by atoms with Crippen LogP contribution in [0.4, 0.5) is 11.6 Å². The fourth-order valence-corrected chi connectivity index (χ4v) is 2.72. The molecule has 160 valence electrons. The van der Waals surface area contributed by atoms with Gasteiger partial charge in [0, 0.05) is 28.7 Å². The number of benzene rings is 2. The minimum absolute atomic E-state index is 0.172. The van der Waals surface area contributed by atoms with E-state index in [9.17, 15) is 9.59 Å². The maximum atomic E-state index is 12.3. The van der Waals surface area contributed by atoms with Crippen molar-refractivity contribution in [3.05, 3.63) is 71.5 Å². The average molecular weight is 421 g/mol. The molecule has 0 saturated carbocycles. The fourth-order valence-electron chi connectivity index (χ4n) is 2.72. The molecule has 3 aromatic rings. The van der Waals surface area contributed by atoms with E-state index in [1.807, 2.05) is 19.9 Å². The number of nitrogens with one attached hydrogen (secondary N) is 3. The first kappa shape index (κ1) is 21.6. The number of aryl methyl sites for hydroxylation is 2. The monoisotopic (exact) mass is 421 g/mol. The Hall–Kier alpha value is -4.14. The van der Waals surface area contributed by atoms with E-state index in [0.29, 0.717) is 28.7 Å². The van der Waals surface area contributed by atoms with Crippen LogP contribution in [0.25, 0.3) is 0 Å². The number of anilines is 2. The van der Waals surface area contributed by atoms with Crippen LogP contribution in [0.15, 0.2) is 54.6 Å². The zero-order chi connectivity index (χ0) is 22.2. The second kappa shape index (κ2) is 10.1. The molecule has 0 unspecified atom stereocenters. The number of rotatable bonds is 8. The standard InChI is InChI=1S/C22H23N5O4/c1-14-11-15(2)24-22(23-14)27-26-21(29)16-7-9-18(10-8-16)31-13-20(28)25-17-5-4-6-19(12-17)30-3/h4-12H,13H2,1-3H3,(H,25,28)(H,26,29)(H,23,24,27). The van der Waals surface area contributed by atoms with Gasteiger partial charge in [-0.15, -0.1) is 0 Å². The first-order valence-electron chi connectivity index (χ1n) is 9.48. The van der Waals surface area contributed by atoms with Gasteiger partial charge in [-0.2, -0.15) is 0 Å². The molecule has 2 aromatic carbocycles. The van der Waals surface area contributed by atoms with Crippen LogP contribution in [-0.2, 0) is 4.79 Å². The van der Waals surface area contributed by atoms with Crippen LogP contribution in [0.3, 0.4) is 0 Å². The van der Waals surface area contributed by atoms with Crippen LogP contribution in [0.5, 0.6) is 11.5 Å². The Kier molecular flexibility index (Phi) is 7.00. The van der Waals surface area contributed by atoms with Crippen LogP contribution < -0.4 is 25.6 Å². The highest BCUT2D eigenvalue weighted by Gasteiger charge is 2.08. The van der Waals surface area contributed by atoms with E-state index in [0.717, 1.165) is 11.4 Å². The molecule has 9 nitrogen and oxygen atoms in total. The van der Waals surface area contributed by atoms with Gasteiger partial charge in [0.25, 0.3) is 11.8 Å². The Bertz CT molecular complexity index is 1050. The summed E-state index contributed by atoms with van der Waals surface area (Å²) < 4.78 is 10.6. The fraction of sp³-hybridized carbons (Fsp3) is 0.182. The van der Waals surface area contributed by atoms with E-state index in [-0.39, 0.29) is 18.4 Å². The number of carbonyl (C=O) groups excluding carboxylic acids is 2. The number of hydrogen-bond acceptors (Lipinski definition) is 7. The third-order valence-electron chi connectivity index (χ3n) is 4.11. The summed E-state index contributed by atoms with van der Waals surface area (Å²) in [6.07, 6.45) is 0. The Morgan fingerprint density at radius 2 is 1.65 bits per heavy atom. The largest absolute Gasteiger partial charge is 0.497 e. The minimum atomic E-state index is -0.356. The summed E-state index contributed by atoms with van der Waals surface area (Å²) in [5.74, 6) is 0.750. The zero-order valence-corrected chi connectivity index (χ0v) is 17.4. The molecule has 0 aliphatic carbocycles. The van der Waals surface area contributed by atoms with Crippen LogP contribution in [0.2, 0.25) is 0 Å². The summed E-state index contributed by atoms with van der Waals surface area (Å²) in [4.78, 5) is 32.7. The molecule has 0 saturated heterocycles. The van der Waals surface area contributed by atoms with E-state index < -0.39 is 0 Å². The molecular weight excluding hydrogens is 398 g/mol. The van der Waals surface area contributed by atoms with Crippen molar-refractivity contribution in [1.82, 2.24) is 15.4 Å². The number of hydrazine groups is 1. The molecule has 1 aromatic heterocycles. The maximum Gasteiger partial charge on any atom is 0.269 e. The van der Waals surface area contributed by atoms with Gasteiger partial charge < -0.3 is 14.8 Å². The van der Waals surface area contributed by atoms with Crippen LogP contribution in [-0.4, -0.2) is 35.5 Å². The van der Waals surface area contributed by atoms with Gasteiger partial charge in [-0.25, -0.2) is 9.97 Å².